The highest BCUT2D eigenvalue weighted by molar-refractivity contribution is 7.11. The summed E-state index contributed by atoms with van der Waals surface area (Å²) in [5.41, 5.74) is 0.861. The number of anilines is 1. The molecule has 0 unspecified atom stereocenters. The van der Waals surface area contributed by atoms with Crippen LogP contribution in [-0.2, 0) is 0 Å². The maximum absolute atomic E-state index is 11.7. The van der Waals surface area contributed by atoms with Gasteiger partial charge in [0.1, 0.15) is 11.6 Å². The average Bonchev–Trinajstić information content (AvgIpc) is 2.95. The Morgan fingerprint density at radius 1 is 1.33 bits per heavy atom. The van der Waals surface area contributed by atoms with E-state index in [0.29, 0.717) is 0 Å². The van der Waals surface area contributed by atoms with Gasteiger partial charge in [-0.15, -0.1) is 0 Å². The summed E-state index contributed by atoms with van der Waals surface area (Å²) in [7, 11) is 3.12. The Morgan fingerprint density at radius 3 is 2.67 bits per heavy atom. The molecule has 0 aliphatic heterocycles. The summed E-state index contributed by atoms with van der Waals surface area (Å²) in [5.74, 6) is -1.22. The van der Waals surface area contributed by atoms with Crippen molar-refractivity contribution in [3.63, 3.8) is 0 Å². The predicted molar refractivity (Wildman–Crippen MR) is 92.8 cm³/mol. The normalized spacial score (nSPS) is 10.6. The number of nitrogens with zero attached hydrogens (tertiary/aromatic N) is 2. The SMILES string of the molecule is CN(C)C(=O)Nc1snc(OC/C=C/c2ccccc2)c1C(=O)O. The van der Waals surface area contributed by atoms with Gasteiger partial charge in [0.05, 0.1) is 0 Å². The Morgan fingerprint density at radius 2 is 2.04 bits per heavy atom. The number of aromatic nitrogens is 1. The monoisotopic (exact) mass is 347 g/mol. The van der Waals surface area contributed by atoms with Crippen molar-refractivity contribution in [3.05, 3.63) is 47.5 Å². The highest BCUT2D eigenvalue weighted by Gasteiger charge is 2.23. The van der Waals surface area contributed by atoms with Crippen molar-refractivity contribution in [2.24, 2.45) is 0 Å². The Labute approximate surface area is 143 Å². The topological polar surface area (TPSA) is 91.8 Å². The summed E-state index contributed by atoms with van der Waals surface area (Å²) < 4.78 is 9.38. The lowest BCUT2D eigenvalue weighted by Gasteiger charge is -2.10. The summed E-state index contributed by atoms with van der Waals surface area (Å²) in [6.07, 6.45) is 3.62. The van der Waals surface area contributed by atoms with Gasteiger partial charge in [0, 0.05) is 14.1 Å². The number of carbonyl (C=O) groups is 2. The number of urea groups is 1. The lowest BCUT2D eigenvalue weighted by molar-refractivity contribution is 0.0694. The van der Waals surface area contributed by atoms with E-state index in [1.54, 1.807) is 20.2 Å². The molecule has 126 valence electrons. The van der Waals surface area contributed by atoms with Gasteiger partial charge >= 0.3 is 12.0 Å². The lowest BCUT2D eigenvalue weighted by atomic mass is 10.2. The number of hydrogen-bond donors (Lipinski definition) is 2. The third-order valence-corrected chi connectivity index (χ3v) is 3.67. The molecule has 1 aromatic heterocycles. The quantitative estimate of drug-likeness (QED) is 0.838. The number of carboxylic acids is 1. The molecule has 8 heteroatoms. The minimum absolute atomic E-state index is 0.0146. The largest absolute Gasteiger partial charge is 0.477 e. The first-order valence-electron chi connectivity index (χ1n) is 7.04. The predicted octanol–water partition coefficient (Wildman–Crippen LogP) is 3.03. The summed E-state index contributed by atoms with van der Waals surface area (Å²) in [6.45, 7) is 0.167. The third kappa shape index (κ3) is 4.56. The van der Waals surface area contributed by atoms with Crippen LogP contribution in [0, 0.1) is 0 Å². The van der Waals surface area contributed by atoms with E-state index >= 15 is 0 Å². The van der Waals surface area contributed by atoms with Crippen LogP contribution >= 0.6 is 11.5 Å². The zero-order valence-corrected chi connectivity index (χ0v) is 14.0. The Hall–Kier alpha value is -2.87. The molecule has 0 aliphatic carbocycles. The number of hydrogen-bond acceptors (Lipinski definition) is 5. The van der Waals surface area contributed by atoms with E-state index in [9.17, 15) is 14.7 Å². The molecular weight excluding hydrogens is 330 g/mol. The fourth-order valence-electron chi connectivity index (χ4n) is 1.73. The number of amides is 2. The van der Waals surface area contributed by atoms with Crippen molar-refractivity contribution in [1.82, 2.24) is 9.27 Å². The molecule has 2 rings (SSSR count). The molecule has 0 bridgehead atoms. The minimum atomic E-state index is -1.21. The van der Waals surface area contributed by atoms with Crippen molar-refractivity contribution >= 4 is 34.6 Å². The average molecular weight is 347 g/mol. The Kier molecular flexibility index (Phi) is 5.91. The van der Waals surface area contributed by atoms with Crippen molar-refractivity contribution in [1.29, 1.82) is 0 Å². The van der Waals surface area contributed by atoms with Crippen LogP contribution in [-0.4, -0.2) is 47.1 Å². The maximum atomic E-state index is 11.7. The number of carbonyl (C=O) groups excluding carboxylic acids is 1. The molecule has 0 fully saturated rings. The number of carboxylic acid groups (broad SMARTS) is 1. The van der Waals surface area contributed by atoms with E-state index in [0.717, 1.165) is 17.1 Å². The summed E-state index contributed by atoms with van der Waals surface area (Å²) >= 11 is 0.866. The number of nitrogens with one attached hydrogen (secondary N) is 1. The second-order valence-corrected chi connectivity index (χ2v) is 5.72. The first-order valence-corrected chi connectivity index (χ1v) is 7.82. The van der Waals surface area contributed by atoms with Gasteiger partial charge in [-0.2, -0.15) is 4.37 Å². The van der Waals surface area contributed by atoms with Crippen LogP contribution in [0.3, 0.4) is 0 Å². The van der Waals surface area contributed by atoms with Crippen molar-refractivity contribution in [3.8, 4) is 5.88 Å². The first kappa shape index (κ1) is 17.5. The van der Waals surface area contributed by atoms with Crippen LogP contribution in [0.5, 0.6) is 5.88 Å². The molecule has 1 aromatic carbocycles. The van der Waals surface area contributed by atoms with Crippen LogP contribution in [0.1, 0.15) is 15.9 Å². The van der Waals surface area contributed by atoms with Crippen LogP contribution in [0.15, 0.2) is 36.4 Å². The number of rotatable bonds is 6. The van der Waals surface area contributed by atoms with Crippen molar-refractivity contribution in [2.45, 2.75) is 0 Å². The van der Waals surface area contributed by atoms with Gasteiger partial charge in [-0.3, -0.25) is 5.32 Å². The van der Waals surface area contributed by atoms with E-state index in [1.165, 1.54) is 4.90 Å². The van der Waals surface area contributed by atoms with Gasteiger partial charge < -0.3 is 14.7 Å². The molecule has 0 radical (unpaired) electrons. The highest BCUT2D eigenvalue weighted by atomic mass is 32.1. The third-order valence-electron chi connectivity index (χ3n) is 2.93. The van der Waals surface area contributed by atoms with Gasteiger partial charge in [-0.25, -0.2) is 9.59 Å². The van der Waals surface area contributed by atoms with Crippen LogP contribution in [0.25, 0.3) is 6.08 Å². The first-order chi connectivity index (χ1) is 11.5. The molecule has 0 spiro atoms. The smallest absolute Gasteiger partial charge is 0.344 e. The lowest BCUT2D eigenvalue weighted by Crippen LogP contribution is -2.27. The molecule has 0 saturated heterocycles. The highest BCUT2D eigenvalue weighted by Crippen LogP contribution is 2.30. The van der Waals surface area contributed by atoms with E-state index in [4.69, 9.17) is 4.74 Å². The number of aromatic carboxylic acids is 1. The summed E-state index contributed by atoms with van der Waals surface area (Å²) in [4.78, 5) is 24.4. The zero-order chi connectivity index (χ0) is 17.5. The fraction of sp³-hybridized carbons (Fsp3) is 0.188. The van der Waals surface area contributed by atoms with Crippen LogP contribution in [0.4, 0.5) is 9.80 Å². The molecule has 2 N–H and O–H groups in total. The molecule has 2 aromatic rings. The van der Waals surface area contributed by atoms with Gasteiger partial charge in [-0.05, 0) is 23.2 Å². The van der Waals surface area contributed by atoms with Gasteiger partial charge in [0.15, 0.2) is 5.56 Å². The van der Waals surface area contributed by atoms with E-state index in [-0.39, 0.29) is 23.1 Å². The molecule has 24 heavy (non-hydrogen) atoms. The molecule has 2 amide bonds. The van der Waals surface area contributed by atoms with Gasteiger partial charge in [0.2, 0.25) is 5.88 Å². The molecule has 1 heterocycles. The zero-order valence-electron chi connectivity index (χ0n) is 13.2. The van der Waals surface area contributed by atoms with Gasteiger partial charge in [0.25, 0.3) is 0 Å². The molecular formula is C16H17N3O4S. The van der Waals surface area contributed by atoms with Crippen LogP contribution < -0.4 is 10.1 Å². The minimum Gasteiger partial charge on any atom is -0.477 e. The molecule has 0 saturated carbocycles. The number of ether oxygens (including phenoxy) is 1. The van der Waals surface area contributed by atoms with E-state index < -0.39 is 12.0 Å². The van der Waals surface area contributed by atoms with Crippen molar-refractivity contribution < 1.29 is 19.4 Å². The maximum Gasteiger partial charge on any atom is 0.344 e. The number of benzene rings is 1. The van der Waals surface area contributed by atoms with Crippen molar-refractivity contribution in [2.75, 3.05) is 26.0 Å². The molecule has 0 aliphatic rings. The standard InChI is InChI=1S/C16H17N3O4S/c1-19(2)16(22)17-14-12(15(20)21)13(18-24-14)23-10-6-9-11-7-4-3-5-8-11/h3-9H,10H2,1-2H3,(H,17,22)(H,20,21)/b9-6+. The van der Waals surface area contributed by atoms with E-state index in [1.807, 2.05) is 36.4 Å². The Balaban J connectivity index is 2.05. The van der Waals surface area contributed by atoms with E-state index in [2.05, 4.69) is 9.69 Å². The molecule has 0 atom stereocenters. The fourth-order valence-corrected chi connectivity index (χ4v) is 2.45. The summed E-state index contributed by atoms with van der Waals surface area (Å²) in [5, 5.41) is 12.0. The van der Waals surface area contributed by atoms with Crippen LogP contribution in [0.2, 0.25) is 0 Å². The second kappa shape index (κ2) is 8.11. The summed E-state index contributed by atoms with van der Waals surface area (Å²) in [6, 6.07) is 9.21. The molecule has 7 nitrogen and oxygen atoms in total. The van der Waals surface area contributed by atoms with Gasteiger partial charge in [-0.1, -0.05) is 36.4 Å². The Bertz CT molecular complexity index is 741. The second-order valence-electron chi connectivity index (χ2n) is 4.95.